The Labute approximate surface area is 108 Å². The number of nitrogens with zero attached hydrogens (tertiary/aromatic N) is 2. The third-order valence-electron chi connectivity index (χ3n) is 2.35. The fourth-order valence-electron chi connectivity index (χ4n) is 1.46. The number of phenolic OH excluding ortho intramolecular Hbond substituents is 1. The van der Waals surface area contributed by atoms with E-state index < -0.39 is 5.97 Å². The second-order valence-corrected chi connectivity index (χ2v) is 3.60. The van der Waals surface area contributed by atoms with E-state index in [0.717, 1.165) is 0 Å². The van der Waals surface area contributed by atoms with Crippen molar-refractivity contribution in [3.05, 3.63) is 35.9 Å². The van der Waals surface area contributed by atoms with Gasteiger partial charge in [0.1, 0.15) is 11.3 Å². The molecule has 19 heavy (non-hydrogen) atoms. The molecule has 0 saturated carbocycles. The molecule has 1 heterocycles. The average Bonchev–Trinajstić information content (AvgIpc) is 2.41. The van der Waals surface area contributed by atoms with Gasteiger partial charge in [0.2, 0.25) is 5.88 Å². The molecule has 3 N–H and O–H groups in total. The van der Waals surface area contributed by atoms with Gasteiger partial charge in [-0.2, -0.15) is 0 Å². The van der Waals surface area contributed by atoms with Crippen LogP contribution in [0.2, 0.25) is 0 Å². The Morgan fingerprint density at radius 3 is 2.68 bits per heavy atom. The van der Waals surface area contributed by atoms with Gasteiger partial charge in [-0.05, 0) is 12.1 Å². The number of para-hydroxylation sites is 2. The quantitative estimate of drug-likeness (QED) is 0.718. The molecule has 0 aliphatic heterocycles. The number of methoxy groups -OCH3 is 1. The van der Waals surface area contributed by atoms with E-state index in [1.54, 1.807) is 18.2 Å². The number of phenols is 1. The van der Waals surface area contributed by atoms with Crippen molar-refractivity contribution >= 4 is 17.5 Å². The van der Waals surface area contributed by atoms with Crippen molar-refractivity contribution in [1.82, 2.24) is 10.2 Å². The van der Waals surface area contributed by atoms with Crippen LogP contribution in [0.1, 0.15) is 10.4 Å². The number of carboxylic acids is 1. The summed E-state index contributed by atoms with van der Waals surface area (Å²) in [6.07, 6.45) is 0. The molecule has 0 bridgehead atoms. The molecule has 0 atom stereocenters. The molecule has 1 aromatic carbocycles. The standard InChI is InChI=1S/C12H11N3O4/c1-19-11-7(12(17)18)6-10(14-15-11)13-8-4-2-3-5-9(8)16/h2-6,16H,1H3,(H,13,14)(H,17,18). The minimum Gasteiger partial charge on any atom is -0.506 e. The van der Waals surface area contributed by atoms with Crippen LogP contribution in [0.4, 0.5) is 11.5 Å². The maximum absolute atomic E-state index is 11.0. The molecule has 0 aliphatic carbocycles. The van der Waals surface area contributed by atoms with Crippen LogP contribution in [0.3, 0.4) is 0 Å². The number of ether oxygens (including phenoxy) is 1. The Kier molecular flexibility index (Phi) is 3.46. The predicted octanol–water partition coefficient (Wildman–Crippen LogP) is 1.63. The number of anilines is 2. The van der Waals surface area contributed by atoms with Crippen molar-refractivity contribution < 1.29 is 19.7 Å². The number of rotatable bonds is 4. The van der Waals surface area contributed by atoms with Crippen molar-refractivity contribution in [3.8, 4) is 11.6 Å². The Bertz CT molecular complexity index is 616. The zero-order chi connectivity index (χ0) is 13.8. The van der Waals surface area contributed by atoms with E-state index in [4.69, 9.17) is 9.84 Å². The number of hydrogen-bond donors (Lipinski definition) is 3. The smallest absolute Gasteiger partial charge is 0.341 e. The van der Waals surface area contributed by atoms with Gasteiger partial charge in [-0.15, -0.1) is 10.2 Å². The molecule has 0 amide bonds. The van der Waals surface area contributed by atoms with Crippen LogP contribution in [0.15, 0.2) is 30.3 Å². The second kappa shape index (κ2) is 5.21. The van der Waals surface area contributed by atoms with Gasteiger partial charge in [0.25, 0.3) is 0 Å². The molecule has 0 unspecified atom stereocenters. The lowest BCUT2D eigenvalue weighted by atomic mass is 10.2. The van der Waals surface area contributed by atoms with Crippen LogP contribution in [-0.2, 0) is 0 Å². The van der Waals surface area contributed by atoms with E-state index in [0.29, 0.717) is 5.69 Å². The summed E-state index contributed by atoms with van der Waals surface area (Å²) in [5.74, 6) is -1.03. The zero-order valence-corrected chi connectivity index (χ0v) is 9.99. The van der Waals surface area contributed by atoms with Crippen molar-refractivity contribution in [3.63, 3.8) is 0 Å². The summed E-state index contributed by atoms with van der Waals surface area (Å²) < 4.78 is 4.80. The summed E-state index contributed by atoms with van der Waals surface area (Å²) in [5.41, 5.74) is 0.286. The first kappa shape index (κ1) is 12.6. The highest BCUT2D eigenvalue weighted by atomic mass is 16.5. The number of carbonyl (C=O) groups is 1. The van der Waals surface area contributed by atoms with Gasteiger partial charge in [0.05, 0.1) is 12.8 Å². The van der Waals surface area contributed by atoms with Gasteiger partial charge in [-0.25, -0.2) is 4.79 Å². The first-order valence-electron chi connectivity index (χ1n) is 5.32. The summed E-state index contributed by atoms with van der Waals surface area (Å²) in [7, 11) is 1.31. The molecule has 0 spiro atoms. The molecule has 7 nitrogen and oxygen atoms in total. The third kappa shape index (κ3) is 2.71. The second-order valence-electron chi connectivity index (χ2n) is 3.60. The molecule has 0 aliphatic rings. The summed E-state index contributed by atoms with van der Waals surface area (Å²) >= 11 is 0. The van der Waals surface area contributed by atoms with Crippen LogP contribution >= 0.6 is 0 Å². The number of hydrogen-bond acceptors (Lipinski definition) is 6. The number of carboxylic acid groups (broad SMARTS) is 1. The number of aromatic nitrogens is 2. The highest BCUT2D eigenvalue weighted by molar-refractivity contribution is 5.91. The Hall–Kier alpha value is -2.83. The number of aromatic carboxylic acids is 1. The van der Waals surface area contributed by atoms with E-state index in [1.807, 2.05) is 0 Å². The van der Waals surface area contributed by atoms with Gasteiger partial charge in [-0.1, -0.05) is 12.1 Å². The third-order valence-corrected chi connectivity index (χ3v) is 2.35. The number of nitrogens with one attached hydrogen (secondary N) is 1. The molecule has 0 saturated heterocycles. The van der Waals surface area contributed by atoms with Gasteiger partial charge in [0, 0.05) is 6.07 Å². The molecule has 98 valence electrons. The normalized spacial score (nSPS) is 9.95. The van der Waals surface area contributed by atoms with Crippen LogP contribution in [0, 0.1) is 0 Å². The summed E-state index contributed by atoms with van der Waals surface area (Å²) in [6, 6.07) is 7.79. The SMILES string of the molecule is COc1nnc(Nc2ccccc2O)cc1C(=O)O. The molecular formula is C12H11N3O4. The fourth-order valence-corrected chi connectivity index (χ4v) is 1.46. The Balaban J connectivity index is 2.34. The van der Waals surface area contributed by atoms with Crippen molar-refractivity contribution in [2.45, 2.75) is 0 Å². The Morgan fingerprint density at radius 2 is 2.05 bits per heavy atom. The predicted molar refractivity (Wildman–Crippen MR) is 66.9 cm³/mol. The molecule has 2 rings (SSSR count). The van der Waals surface area contributed by atoms with Crippen LogP contribution in [-0.4, -0.2) is 33.5 Å². The van der Waals surface area contributed by atoms with E-state index in [-0.39, 0.29) is 23.0 Å². The van der Waals surface area contributed by atoms with Crippen LogP contribution in [0.25, 0.3) is 0 Å². The lowest BCUT2D eigenvalue weighted by molar-refractivity contribution is 0.0692. The lowest BCUT2D eigenvalue weighted by Crippen LogP contribution is -2.06. The highest BCUT2D eigenvalue weighted by Gasteiger charge is 2.14. The van der Waals surface area contributed by atoms with Crippen molar-refractivity contribution in [2.24, 2.45) is 0 Å². The molecular weight excluding hydrogens is 250 g/mol. The molecule has 0 fully saturated rings. The van der Waals surface area contributed by atoms with Gasteiger partial charge >= 0.3 is 5.97 Å². The highest BCUT2D eigenvalue weighted by Crippen LogP contribution is 2.26. The van der Waals surface area contributed by atoms with Gasteiger partial charge in [-0.3, -0.25) is 0 Å². The zero-order valence-electron chi connectivity index (χ0n) is 9.99. The summed E-state index contributed by atoms with van der Waals surface area (Å²) in [5, 5.41) is 28.8. The van der Waals surface area contributed by atoms with E-state index >= 15 is 0 Å². The maximum atomic E-state index is 11.0. The lowest BCUT2D eigenvalue weighted by Gasteiger charge is -2.08. The first-order valence-corrected chi connectivity index (χ1v) is 5.32. The van der Waals surface area contributed by atoms with E-state index in [9.17, 15) is 9.90 Å². The molecule has 7 heteroatoms. The number of benzene rings is 1. The van der Waals surface area contributed by atoms with E-state index in [2.05, 4.69) is 15.5 Å². The summed E-state index contributed by atoms with van der Waals surface area (Å²) in [4.78, 5) is 11.0. The topological polar surface area (TPSA) is 105 Å². The van der Waals surface area contributed by atoms with Gasteiger partial charge < -0.3 is 20.3 Å². The fraction of sp³-hybridized carbons (Fsp3) is 0.0833. The molecule has 1 aromatic heterocycles. The minimum atomic E-state index is -1.17. The van der Waals surface area contributed by atoms with Crippen LogP contribution in [0.5, 0.6) is 11.6 Å². The molecule has 2 aromatic rings. The molecule has 0 radical (unpaired) electrons. The summed E-state index contributed by atoms with van der Waals surface area (Å²) in [6.45, 7) is 0. The maximum Gasteiger partial charge on any atom is 0.341 e. The average molecular weight is 261 g/mol. The van der Waals surface area contributed by atoms with E-state index in [1.165, 1.54) is 19.2 Å². The monoisotopic (exact) mass is 261 g/mol. The van der Waals surface area contributed by atoms with Crippen molar-refractivity contribution in [1.29, 1.82) is 0 Å². The van der Waals surface area contributed by atoms with Crippen LogP contribution < -0.4 is 10.1 Å². The van der Waals surface area contributed by atoms with Crippen molar-refractivity contribution in [2.75, 3.05) is 12.4 Å². The Morgan fingerprint density at radius 1 is 1.32 bits per heavy atom. The van der Waals surface area contributed by atoms with Gasteiger partial charge in [0.15, 0.2) is 5.82 Å². The minimum absolute atomic E-state index is 0.0250. The first-order chi connectivity index (χ1) is 9.11. The number of aromatic hydroxyl groups is 1. The largest absolute Gasteiger partial charge is 0.506 e.